The topological polar surface area (TPSA) is 14.8 Å². The average molecular weight is 681 g/mol. The van der Waals surface area contributed by atoms with E-state index in [4.69, 9.17) is 27.4 Å². The molecule has 238 valence electrons. The summed E-state index contributed by atoms with van der Waals surface area (Å²) in [7, 11) is 0. The zero-order valence-electron chi connectivity index (χ0n) is 56.3. The molecule has 0 N–H and O–H groups in total. The van der Waals surface area contributed by atoms with Crippen LogP contribution in [0.2, 0.25) is 0 Å². The fourth-order valence-corrected chi connectivity index (χ4v) is 6.27. The Balaban J connectivity index is 1.36. The van der Waals surface area contributed by atoms with Gasteiger partial charge in [-0.3, -0.25) is 0 Å². The third-order valence-corrected chi connectivity index (χ3v) is 8.35. The number of fused-ring (bicyclic) bond motifs is 9. The first kappa shape index (κ1) is 11.3. The molecule has 8 aromatic carbocycles. The Morgan fingerprint density at radius 3 is 1.14 bits per heavy atom. The van der Waals surface area contributed by atoms with Gasteiger partial charge < -0.3 is 13.7 Å². The van der Waals surface area contributed by atoms with Crippen LogP contribution >= 0.6 is 0 Å². The SMILES string of the molecule is [2H]c1c([2H])c([2H])c(-n2c3c([2H])c([2H])c([2H])c([2H])c3c3c([2H])c(-c4c([2H])c([2H])c5c(c4[2H])c4c([2H])c([2H])c([2H])c([2H])c4n5-c4c([2H])c([2H])c5c6c([2H])c([2H])c([2H])c([2H])c6n(-c6c([2H])c([2H])c([2H])c([2H])c6[2H])c5c4[2H])c([2H])c([2H])c32)c([2H])c1[2H]. The fraction of sp³-hybridized carbons (Fsp3) is 0. The van der Waals surface area contributed by atoms with E-state index in [2.05, 4.69) is 0 Å². The largest absolute Gasteiger partial charge is 0.309 e. The van der Waals surface area contributed by atoms with Crippen molar-refractivity contribution in [3.63, 3.8) is 0 Å². The van der Waals surface area contributed by atoms with Crippen LogP contribution in [0.5, 0.6) is 0 Å². The second kappa shape index (κ2) is 10.8. The molecule has 0 spiro atoms. The van der Waals surface area contributed by atoms with Crippen LogP contribution in [0.15, 0.2) is 187 Å². The van der Waals surface area contributed by atoms with E-state index in [1.165, 1.54) is 0 Å². The second-order valence-corrected chi connectivity index (χ2v) is 11.0. The number of rotatable bonds is 4. The van der Waals surface area contributed by atoms with Crippen molar-refractivity contribution >= 4 is 65.4 Å². The van der Waals surface area contributed by atoms with Crippen LogP contribution in [0.3, 0.4) is 0 Å². The van der Waals surface area contributed by atoms with Crippen LogP contribution in [0.4, 0.5) is 0 Å². The predicted molar refractivity (Wildman–Crippen MR) is 215 cm³/mol. The summed E-state index contributed by atoms with van der Waals surface area (Å²) in [4.78, 5) is 0. The Hall–Kier alpha value is -6.84. The lowest BCUT2D eigenvalue weighted by Gasteiger charge is -2.11. The molecule has 0 aliphatic heterocycles. The number of hydrogen-bond donors (Lipinski definition) is 0. The van der Waals surface area contributed by atoms with Gasteiger partial charge in [-0.2, -0.15) is 0 Å². The number of aromatic nitrogens is 3. The highest BCUT2D eigenvalue weighted by Gasteiger charge is 2.18. The summed E-state index contributed by atoms with van der Waals surface area (Å²) >= 11 is 0. The minimum atomic E-state index is -1.10. The Morgan fingerprint density at radius 2 is 0.627 bits per heavy atom. The van der Waals surface area contributed by atoms with Crippen molar-refractivity contribution in [1.82, 2.24) is 13.7 Å². The molecule has 51 heavy (non-hydrogen) atoms. The second-order valence-electron chi connectivity index (χ2n) is 11.0. The van der Waals surface area contributed by atoms with Crippen molar-refractivity contribution in [3.05, 3.63) is 187 Å². The van der Waals surface area contributed by atoms with Crippen LogP contribution in [-0.2, 0) is 0 Å². The Labute approximate surface area is 338 Å². The molecule has 3 heterocycles. The maximum Gasteiger partial charge on any atom is 0.0667 e. The zero-order valence-corrected chi connectivity index (χ0v) is 25.3. The first-order valence-corrected chi connectivity index (χ1v) is 15.0. The minimum absolute atomic E-state index is 0.543. The summed E-state index contributed by atoms with van der Waals surface area (Å²) in [6.45, 7) is 0. The number of benzene rings is 8. The Kier molecular flexibility index (Phi) is 2.41. The van der Waals surface area contributed by atoms with Gasteiger partial charge in [-0.15, -0.1) is 0 Å². The molecule has 0 saturated carbocycles. The zero-order chi connectivity index (χ0) is 60.4. The normalized spacial score (nSPS) is 20.4. The molecule has 3 heteroatoms. The van der Waals surface area contributed by atoms with Gasteiger partial charge in [0.1, 0.15) is 0 Å². The molecule has 0 aliphatic carbocycles. The average Bonchev–Trinajstić information content (AvgIpc) is 2.27. The monoisotopic (exact) mass is 680 g/mol. The van der Waals surface area contributed by atoms with Gasteiger partial charge in [-0.05, 0) is 89.7 Å². The lowest BCUT2D eigenvalue weighted by atomic mass is 10.0. The molecule has 0 amide bonds. The summed E-state index contributed by atoms with van der Waals surface area (Å²) < 4.78 is 282. The molecule has 11 aromatic rings. The standard InChI is InChI=1S/C48H31N3/c1-3-13-34(14-4-1)49-44-21-11-8-18-38(44)41-29-32(23-27-46(41)49)33-24-28-47-42(30-33)39-19-9-12-22-45(39)51(47)36-25-26-40-37-17-7-10-20-43(37)50(48(40)31-36)35-15-5-2-6-16-35/h1-31H/i1D,2D,3D,4D,5D,6D,7D,8D,9D,10D,11D,12D,13D,14D,15D,16D,17D,18D,19D,20D,21D,22D,23D,24D,25D,26D,27D,28D,29D,30D,31D. The molecule has 0 fully saturated rings. The van der Waals surface area contributed by atoms with Gasteiger partial charge in [0.05, 0.1) is 75.6 Å². The van der Waals surface area contributed by atoms with Crippen molar-refractivity contribution in [3.8, 4) is 28.2 Å². The van der Waals surface area contributed by atoms with E-state index in [0.29, 0.717) is 4.57 Å². The first-order valence-electron chi connectivity index (χ1n) is 30.5. The molecule has 0 bridgehead atoms. The molecular weight excluding hydrogens is 619 g/mol. The highest BCUT2D eigenvalue weighted by molar-refractivity contribution is 6.14. The van der Waals surface area contributed by atoms with E-state index in [1.807, 2.05) is 0 Å². The molecule has 3 aromatic heterocycles. The summed E-state index contributed by atoms with van der Waals surface area (Å²) in [5.74, 6) is 0. The van der Waals surface area contributed by atoms with Gasteiger partial charge in [0, 0.05) is 49.4 Å². The molecule has 0 radical (unpaired) electrons. The van der Waals surface area contributed by atoms with Gasteiger partial charge in [-0.1, -0.05) is 109 Å². The lowest BCUT2D eigenvalue weighted by molar-refractivity contribution is 1.15. The van der Waals surface area contributed by atoms with Crippen LogP contribution in [0, 0.1) is 0 Å². The van der Waals surface area contributed by atoms with Gasteiger partial charge >= 0.3 is 0 Å². The highest BCUT2D eigenvalue weighted by Crippen LogP contribution is 2.40. The van der Waals surface area contributed by atoms with E-state index in [9.17, 15) is 15.1 Å². The molecule has 0 saturated heterocycles. The predicted octanol–water partition coefficient (Wildman–Crippen LogP) is 12.6. The van der Waals surface area contributed by atoms with Crippen LogP contribution < -0.4 is 0 Å². The van der Waals surface area contributed by atoms with Crippen molar-refractivity contribution in [2.45, 2.75) is 0 Å². The summed E-state index contributed by atoms with van der Waals surface area (Å²) in [6, 6.07) is -29.3. The molecule has 0 aliphatic rings. The Bertz CT molecular complexity index is 4880. The lowest BCUT2D eigenvalue weighted by Crippen LogP contribution is -1.96. The van der Waals surface area contributed by atoms with Crippen molar-refractivity contribution in [2.75, 3.05) is 0 Å². The van der Waals surface area contributed by atoms with Crippen molar-refractivity contribution in [2.24, 2.45) is 0 Å². The van der Waals surface area contributed by atoms with E-state index in [0.717, 1.165) is 9.13 Å². The summed E-state index contributed by atoms with van der Waals surface area (Å²) in [5, 5.41) is -3.68. The number of para-hydroxylation sites is 5. The minimum Gasteiger partial charge on any atom is -0.309 e. The Morgan fingerprint density at radius 1 is 0.255 bits per heavy atom. The van der Waals surface area contributed by atoms with Crippen LogP contribution in [0.25, 0.3) is 93.6 Å². The van der Waals surface area contributed by atoms with Crippen LogP contribution in [0.1, 0.15) is 42.5 Å². The molecule has 0 unspecified atom stereocenters. The van der Waals surface area contributed by atoms with Gasteiger partial charge in [0.25, 0.3) is 0 Å². The third kappa shape index (κ3) is 4.12. The highest BCUT2D eigenvalue weighted by atomic mass is 15.0. The summed E-state index contributed by atoms with van der Waals surface area (Å²) in [6.07, 6.45) is 0. The quantitative estimate of drug-likeness (QED) is 0.176. The van der Waals surface area contributed by atoms with E-state index in [1.54, 1.807) is 0 Å². The summed E-state index contributed by atoms with van der Waals surface area (Å²) in [5.41, 5.74) is -8.21. The molecule has 3 nitrogen and oxygen atoms in total. The molecule has 0 atom stereocenters. The van der Waals surface area contributed by atoms with Crippen molar-refractivity contribution < 1.29 is 42.5 Å². The number of nitrogens with zero attached hydrogens (tertiary/aromatic N) is 3. The van der Waals surface area contributed by atoms with Gasteiger partial charge in [-0.25, -0.2) is 0 Å². The fourth-order valence-electron chi connectivity index (χ4n) is 6.27. The third-order valence-electron chi connectivity index (χ3n) is 8.35. The van der Waals surface area contributed by atoms with E-state index < -0.39 is 281 Å². The molecule has 11 rings (SSSR count). The first-order chi connectivity index (χ1) is 38.2. The van der Waals surface area contributed by atoms with Crippen LogP contribution in [-0.4, -0.2) is 13.7 Å². The number of hydrogen-bond acceptors (Lipinski definition) is 0. The van der Waals surface area contributed by atoms with Crippen molar-refractivity contribution in [1.29, 1.82) is 0 Å². The van der Waals surface area contributed by atoms with Gasteiger partial charge in [0.2, 0.25) is 0 Å². The maximum absolute atomic E-state index is 10.0. The van der Waals surface area contributed by atoms with E-state index in [-0.39, 0.29) is 0 Å². The smallest absolute Gasteiger partial charge is 0.0667 e. The molecular formula is C48H31N3. The van der Waals surface area contributed by atoms with Gasteiger partial charge in [0.15, 0.2) is 0 Å². The van der Waals surface area contributed by atoms with E-state index >= 15 is 0 Å². The maximum atomic E-state index is 10.0.